The van der Waals surface area contributed by atoms with Crippen molar-refractivity contribution >= 4 is 17.2 Å². The molecule has 0 aliphatic heterocycles. The van der Waals surface area contributed by atoms with Gasteiger partial charge in [0.2, 0.25) is 0 Å². The number of pyridine rings is 1. The molecule has 6 heteroatoms. The molecule has 0 aliphatic carbocycles. The Balaban J connectivity index is 2.25. The van der Waals surface area contributed by atoms with Crippen molar-refractivity contribution in [3.63, 3.8) is 0 Å². The average molecular weight is 348 g/mol. The molecule has 0 saturated carbocycles. The number of aryl methyl sites for hydroxylation is 2. The first kappa shape index (κ1) is 17.5. The lowest BCUT2D eigenvalue weighted by Crippen LogP contribution is -2.28. The summed E-state index contributed by atoms with van der Waals surface area (Å²) < 4.78 is 1.36. The first-order chi connectivity index (χ1) is 12.5. The maximum absolute atomic E-state index is 12.8. The van der Waals surface area contributed by atoms with Gasteiger partial charge in [-0.3, -0.25) is 14.6 Å². The number of nitrogens with one attached hydrogen (secondary N) is 1. The van der Waals surface area contributed by atoms with Gasteiger partial charge in [-0.1, -0.05) is 30.3 Å². The van der Waals surface area contributed by atoms with Crippen LogP contribution < -0.4 is 10.9 Å². The molecule has 0 atom stereocenters. The number of carbonyl (C=O) groups excluding carboxylic acids is 1. The summed E-state index contributed by atoms with van der Waals surface area (Å²) in [5, 5.41) is 7.50. The van der Waals surface area contributed by atoms with Gasteiger partial charge >= 0.3 is 0 Å². The first-order valence-corrected chi connectivity index (χ1v) is 8.42. The van der Waals surface area contributed by atoms with Gasteiger partial charge in [0.15, 0.2) is 5.78 Å². The molecule has 0 saturated heterocycles. The molecule has 0 radical (unpaired) electrons. The van der Waals surface area contributed by atoms with Crippen LogP contribution in [0.5, 0.6) is 0 Å². The summed E-state index contributed by atoms with van der Waals surface area (Å²) in [5.74, 6) is -0.223. The molecular formula is C20H20N4O2. The Morgan fingerprint density at radius 1 is 1.15 bits per heavy atom. The van der Waals surface area contributed by atoms with Crippen molar-refractivity contribution in [2.45, 2.75) is 27.3 Å². The maximum atomic E-state index is 12.8. The van der Waals surface area contributed by atoms with Crippen LogP contribution in [0.25, 0.3) is 11.3 Å². The van der Waals surface area contributed by atoms with Gasteiger partial charge in [0, 0.05) is 17.8 Å². The molecule has 6 nitrogen and oxygen atoms in total. The number of benzene rings is 1. The Hall–Kier alpha value is -3.28. The number of hydrogen-bond acceptors (Lipinski definition) is 5. The topological polar surface area (TPSA) is 76.9 Å². The number of anilines is 2. The summed E-state index contributed by atoms with van der Waals surface area (Å²) in [6.07, 6.45) is 1.64. The predicted octanol–water partition coefficient (Wildman–Crippen LogP) is 3.58. The zero-order chi connectivity index (χ0) is 18.7. The second-order valence-electron chi connectivity index (χ2n) is 5.95. The monoisotopic (exact) mass is 348 g/mol. The van der Waals surface area contributed by atoms with Crippen molar-refractivity contribution in [1.82, 2.24) is 14.8 Å². The van der Waals surface area contributed by atoms with Gasteiger partial charge in [-0.2, -0.15) is 5.10 Å². The molecule has 26 heavy (non-hydrogen) atoms. The second kappa shape index (κ2) is 7.31. The first-order valence-electron chi connectivity index (χ1n) is 8.42. The number of Topliss-reactive ketones (excluding diaryl/α,β-unsaturated/α-hetero) is 1. The largest absolute Gasteiger partial charge is 0.349 e. The minimum atomic E-state index is -0.335. The van der Waals surface area contributed by atoms with Gasteiger partial charge in [-0.15, -0.1) is 0 Å². The summed E-state index contributed by atoms with van der Waals surface area (Å²) >= 11 is 0. The van der Waals surface area contributed by atoms with E-state index in [9.17, 15) is 9.59 Å². The van der Waals surface area contributed by atoms with Crippen molar-refractivity contribution in [1.29, 1.82) is 0 Å². The van der Waals surface area contributed by atoms with E-state index in [0.29, 0.717) is 17.9 Å². The lowest BCUT2D eigenvalue weighted by molar-refractivity contribution is 0.101. The Labute approximate surface area is 151 Å². The molecule has 3 aromatic rings. The number of nitrogens with zero attached hydrogens (tertiary/aromatic N) is 3. The van der Waals surface area contributed by atoms with Gasteiger partial charge in [-0.25, -0.2) is 4.68 Å². The lowest BCUT2D eigenvalue weighted by Gasteiger charge is -2.16. The fourth-order valence-corrected chi connectivity index (χ4v) is 2.73. The second-order valence-corrected chi connectivity index (χ2v) is 5.95. The van der Waals surface area contributed by atoms with Gasteiger partial charge in [0.25, 0.3) is 5.56 Å². The Morgan fingerprint density at radius 2 is 1.88 bits per heavy atom. The van der Waals surface area contributed by atoms with Crippen LogP contribution in [0.1, 0.15) is 29.9 Å². The van der Waals surface area contributed by atoms with Crippen LogP contribution in [-0.4, -0.2) is 20.5 Å². The van der Waals surface area contributed by atoms with Crippen molar-refractivity contribution in [2.75, 3.05) is 5.32 Å². The molecule has 0 fully saturated rings. The molecule has 3 rings (SSSR count). The standard InChI is InChI=1S/C20H20N4O2/c1-4-24-20(26)19(22-16-11-10-13(2)21-12-16)17(14(3)25)18(23-24)15-8-6-5-7-9-15/h5-12,22H,4H2,1-3H3. The summed E-state index contributed by atoms with van der Waals surface area (Å²) in [6.45, 7) is 5.57. The summed E-state index contributed by atoms with van der Waals surface area (Å²) in [7, 11) is 0. The quantitative estimate of drug-likeness (QED) is 0.713. The highest BCUT2D eigenvalue weighted by molar-refractivity contribution is 6.05. The average Bonchev–Trinajstić information content (AvgIpc) is 2.65. The summed E-state index contributed by atoms with van der Waals surface area (Å²) in [6, 6.07) is 13.0. The maximum Gasteiger partial charge on any atom is 0.291 e. The van der Waals surface area contributed by atoms with E-state index in [-0.39, 0.29) is 22.6 Å². The third kappa shape index (κ3) is 3.39. The highest BCUT2D eigenvalue weighted by Gasteiger charge is 2.21. The number of hydrogen-bond donors (Lipinski definition) is 1. The normalized spacial score (nSPS) is 10.6. The van der Waals surface area contributed by atoms with E-state index in [1.165, 1.54) is 11.6 Å². The fourth-order valence-electron chi connectivity index (χ4n) is 2.73. The minimum Gasteiger partial charge on any atom is -0.349 e. The van der Waals surface area contributed by atoms with Crippen LogP contribution in [0.4, 0.5) is 11.4 Å². The highest BCUT2D eigenvalue weighted by atomic mass is 16.1. The number of rotatable bonds is 5. The van der Waals surface area contributed by atoms with E-state index in [0.717, 1.165) is 11.3 Å². The van der Waals surface area contributed by atoms with E-state index >= 15 is 0 Å². The summed E-state index contributed by atoms with van der Waals surface area (Å²) in [5.41, 5.74) is 2.95. The Kier molecular flexibility index (Phi) is 4.93. The van der Waals surface area contributed by atoms with E-state index in [4.69, 9.17) is 0 Å². The highest BCUT2D eigenvalue weighted by Crippen LogP contribution is 2.27. The van der Waals surface area contributed by atoms with E-state index in [1.54, 1.807) is 6.20 Å². The van der Waals surface area contributed by atoms with E-state index in [1.807, 2.05) is 56.3 Å². The van der Waals surface area contributed by atoms with Crippen molar-refractivity contribution in [3.8, 4) is 11.3 Å². The minimum absolute atomic E-state index is 0.221. The van der Waals surface area contributed by atoms with Crippen LogP contribution >= 0.6 is 0 Å². The van der Waals surface area contributed by atoms with Crippen LogP contribution in [0.15, 0.2) is 53.5 Å². The van der Waals surface area contributed by atoms with Crippen molar-refractivity contribution < 1.29 is 4.79 Å². The number of aromatic nitrogens is 3. The van der Waals surface area contributed by atoms with E-state index in [2.05, 4.69) is 15.4 Å². The molecule has 0 bridgehead atoms. The van der Waals surface area contributed by atoms with Crippen molar-refractivity contribution in [2.24, 2.45) is 0 Å². The molecular weight excluding hydrogens is 328 g/mol. The Bertz CT molecular complexity index is 993. The molecule has 2 heterocycles. The number of ketones is 1. The van der Waals surface area contributed by atoms with Gasteiger partial charge in [0.05, 0.1) is 17.4 Å². The van der Waals surface area contributed by atoms with Gasteiger partial charge < -0.3 is 5.32 Å². The number of carbonyl (C=O) groups is 1. The molecule has 0 unspecified atom stereocenters. The lowest BCUT2D eigenvalue weighted by atomic mass is 10.0. The third-order valence-corrected chi connectivity index (χ3v) is 4.04. The van der Waals surface area contributed by atoms with Crippen LogP contribution in [0.3, 0.4) is 0 Å². The van der Waals surface area contributed by atoms with Crippen LogP contribution in [-0.2, 0) is 6.54 Å². The van der Waals surface area contributed by atoms with E-state index < -0.39 is 0 Å². The zero-order valence-electron chi connectivity index (χ0n) is 15.0. The van der Waals surface area contributed by atoms with Crippen LogP contribution in [0.2, 0.25) is 0 Å². The fraction of sp³-hybridized carbons (Fsp3) is 0.200. The molecule has 1 N–H and O–H groups in total. The van der Waals surface area contributed by atoms with Crippen LogP contribution in [0, 0.1) is 6.92 Å². The van der Waals surface area contributed by atoms with Gasteiger partial charge in [-0.05, 0) is 32.9 Å². The third-order valence-electron chi connectivity index (χ3n) is 4.04. The molecule has 0 aliphatic rings. The van der Waals surface area contributed by atoms with Gasteiger partial charge in [0.1, 0.15) is 11.4 Å². The summed E-state index contributed by atoms with van der Waals surface area (Å²) in [4.78, 5) is 29.5. The molecule has 0 spiro atoms. The Morgan fingerprint density at radius 3 is 2.46 bits per heavy atom. The predicted molar refractivity (Wildman–Crippen MR) is 102 cm³/mol. The molecule has 1 aromatic carbocycles. The molecule has 0 amide bonds. The smallest absolute Gasteiger partial charge is 0.291 e. The molecule has 2 aromatic heterocycles. The zero-order valence-corrected chi connectivity index (χ0v) is 15.0. The SMILES string of the molecule is CCn1nc(-c2ccccc2)c(C(C)=O)c(Nc2ccc(C)nc2)c1=O. The molecule has 132 valence electrons. The van der Waals surface area contributed by atoms with Crippen molar-refractivity contribution in [3.05, 3.63) is 70.3 Å².